The lowest BCUT2D eigenvalue weighted by Crippen LogP contribution is -2.35. The van der Waals surface area contributed by atoms with Crippen molar-refractivity contribution in [2.45, 2.75) is 19.8 Å². The molecule has 0 bridgehead atoms. The van der Waals surface area contributed by atoms with Crippen LogP contribution in [-0.4, -0.2) is 48.4 Å². The first-order valence-electron chi connectivity index (χ1n) is 7.18. The largest absolute Gasteiger partial charge is 0.399 e. The fourth-order valence-electron chi connectivity index (χ4n) is 2.59. The molecule has 4 nitrogen and oxygen atoms in total. The van der Waals surface area contributed by atoms with Gasteiger partial charge in [0, 0.05) is 29.8 Å². The summed E-state index contributed by atoms with van der Waals surface area (Å²) in [4.78, 5) is 17.0. The highest BCUT2D eigenvalue weighted by atomic mass is 79.9. The van der Waals surface area contributed by atoms with Crippen molar-refractivity contribution >= 4 is 27.5 Å². The van der Waals surface area contributed by atoms with Gasteiger partial charge in [0.25, 0.3) is 5.91 Å². The summed E-state index contributed by atoms with van der Waals surface area (Å²) in [6.45, 7) is 6.96. The molecule has 1 fully saturated rings. The van der Waals surface area contributed by atoms with Crippen LogP contribution in [0.3, 0.4) is 0 Å². The molecule has 20 heavy (non-hydrogen) atoms. The maximum absolute atomic E-state index is 12.6. The van der Waals surface area contributed by atoms with Crippen molar-refractivity contribution in [3.05, 3.63) is 28.2 Å². The van der Waals surface area contributed by atoms with Crippen LogP contribution in [0.2, 0.25) is 0 Å². The Bertz CT molecular complexity index is 478. The minimum Gasteiger partial charge on any atom is -0.399 e. The van der Waals surface area contributed by atoms with E-state index < -0.39 is 0 Å². The van der Waals surface area contributed by atoms with Crippen molar-refractivity contribution in [3.63, 3.8) is 0 Å². The van der Waals surface area contributed by atoms with E-state index in [2.05, 4.69) is 27.8 Å². The van der Waals surface area contributed by atoms with Crippen molar-refractivity contribution in [1.82, 2.24) is 9.80 Å². The number of rotatable bonds is 3. The molecule has 0 aromatic heterocycles. The zero-order chi connectivity index (χ0) is 14.5. The number of hydrogen-bond acceptors (Lipinski definition) is 3. The van der Waals surface area contributed by atoms with Crippen molar-refractivity contribution in [2.75, 3.05) is 38.5 Å². The first kappa shape index (κ1) is 15.3. The lowest BCUT2D eigenvalue weighted by Gasteiger charge is -2.22. The quantitative estimate of drug-likeness (QED) is 0.861. The summed E-state index contributed by atoms with van der Waals surface area (Å²) in [5.74, 6) is 0.0718. The molecule has 2 N–H and O–H groups in total. The van der Waals surface area contributed by atoms with Gasteiger partial charge in [-0.2, -0.15) is 0 Å². The molecule has 1 aliphatic rings. The van der Waals surface area contributed by atoms with Gasteiger partial charge in [-0.3, -0.25) is 4.79 Å². The molecule has 0 saturated carbocycles. The van der Waals surface area contributed by atoms with Crippen LogP contribution in [0.5, 0.6) is 0 Å². The molecule has 5 heteroatoms. The van der Waals surface area contributed by atoms with Gasteiger partial charge in [0.15, 0.2) is 0 Å². The van der Waals surface area contributed by atoms with Crippen LogP contribution < -0.4 is 5.73 Å². The van der Waals surface area contributed by atoms with E-state index in [1.807, 2.05) is 11.0 Å². The third-order valence-electron chi connectivity index (χ3n) is 3.64. The molecule has 1 aromatic carbocycles. The van der Waals surface area contributed by atoms with Crippen LogP contribution in [0.15, 0.2) is 22.7 Å². The van der Waals surface area contributed by atoms with Gasteiger partial charge in [0.2, 0.25) is 0 Å². The zero-order valence-corrected chi connectivity index (χ0v) is 13.5. The Kier molecular flexibility index (Phi) is 5.43. The molecule has 1 saturated heterocycles. The van der Waals surface area contributed by atoms with E-state index in [0.29, 0.717) is 11.3 Å². The number of benzene rings is 1. The van der Waals surface area contributed by atoms with Gasteiger partial charge < -0.3 is 15.5 Å². The number of carbonyl (C=O) groups is 1. The first-order chi connectivity index (χ1) is 9.61. The van der Waals surface area contributed by atoms with Gasteiger partial charge in [-0.05, 0) is 60.1 Å². The average Bonchev–Trinajstić information content (AvgIpc) is 2.67. The Hall–Kier alpha value is -1.07. The lowest BCUT2D eigenvalue weighted by atomic mass is 10.1. The molecule has 1 aromatic rings. The minimum absolute atomic E-state index is 0.0718. The predicted molar refractivity (Wildman–Crippen MR) is 85.8 cm³/mol. The summed E-state index contributed by atoms with van der Waals surface area (Å²) in [7, 11) is 0. The molecule has 2 rings (SSSR count). The maximum Gasteiger partial charge on any atom is 0.255 e. The molecule has 1 heterocycles. The number of halogens is 1. The molecule has 0 spiro atoms. The Morgan fingerprint density at radius 2 is 2.10 bits per heavy atom. The molecular formula is C15H22BrN3O. The monoisotopic (exact) mass is 339 g/mol. The van der Waals surface area contributed by atoms with Gasteiger partial charge in [0.05, 0.1) is 5.56 Å². The fourth-order valence-corrected chi connectivity index (χ4v) is 3.01. The SMILES string of the molecule is CCCN1CCCN(C(=O)c2cc(N)ccc2Br)CC1. The maximum atomic E-state index is 12.6. The standard InChI is InChI=1S/C15H22BrN3O/c1-2-6-18-7-3-8-19(10-9-18)15(20)13-11-12(17)4-5-14(13)16/h4-5,11H,2-3,6-10,17H2,1H3. The highest BCUT2D eigenvalue weighted by Crippen LogP contribution is 2.21. The Morgan fingerprint density at radius 1 is 1.30 bits per heavy atom. The number of nitrogens with zero attached hydrogens (tertiary/aromatic N) is 2. The Morgan fingerprint density at radius 3 is 2.85 bits per heavy atom. The molecule has 1 aliphatic heterocycles. The van der Waals surface area contributed by atoms with Gasteiger partial charge >= 0.3 is 0 Å². The van der Waals surface area contributed by atoms with E-state index in [1.165, 1.54) is 0 Å². The number of nitrogens with two attached hydrogens (primary N) is 1. The average molecular weight is 340 g/mol. The van der Waals surface area contributed by atoms with Gasteiger partial charge in [-0.15, -0.1) is 0 Å². The van der Waals surface area contributed by atoms with Crippen LogP contribution in [0, 0.1) is 0 Å². The van der Waals surface area contributed by atoms with E-state index in [4.69, 9.17) is 5.73 Å². The second kappa shape index (κ2) is 7.09. The summed E-state index contributed by atoms with van der Waals surface area (Å²) >= 11 is 3.44. The van der Waals surface area contributed by atoms with Crippen molar-refractivity contribution in [2.24, 2.45) is 0 Å². The van der Waals surface area contributed by atoms with Crippen molar-refractivity contribution < 1.29 is 4.79 Å². The highest BCUT2D eigenvalue weighted by molar-refractivity contribution is 9.10. The second-order valence-electron chi connectivity index (χ2n) is 5.23. The fraction of sp³-hybridized carbons (Fsp3) is 0.533. The van der Waals surface area contributed by atoms with Gasteiger partial charge in [0.1, 0.15) is 0 Å². The third-order valence-corrected chi connectivity index (χ3v) is 4.33. The van der Waals surface area contributed by atoms with Crippen LogP contribution in [0.4, 0.5) is 5.69 Å². The normalized spacial score (nSPS) is 17.0. The summed E-state index contributed by atoms with van der Waals surface area (Å²) in [6, 6.07) is 5.39. The predicted octanol–water partition coefficient (Wildman–Crippen LogP) is 2.59. The first-order valence-corrected chi connectivity index (χ1v) is 7.97. The van der Waals surface area contributed by atoms with Crippen LogP contribution in [-0.2, 0) is 0 Å². The number of hydrogen-bond donors (Lipinski definition) is 1. The summed E-state index contributed by atoms with van der Waals surface area (Å²) in [5.41, 5.74) is 7.07. The van der Waals surface area contributed by atoms with Crippen molar-refractivity contribution in [3.8, 4) is 0 Å². The molecular weight excluding hydrogens is 318 g/mol. The van der Waals surface area contributed by atoms with E-state index in [1.54, 1.807) is 12.1 Å². The highest BCUT2D eigenvalue weighted by Gasteiger charge is 2.21. The Balaban J connectivity index is 2.07. The van der Waals surface area contributed by atoms with E-state index in [9.17, 15) is 4.79 Å². The summed E-state index contributed by atoms with van der Waals surface area (Å²) in [5, 5.41) is 0. The molecule has 110 valence electrons. The molecule has 0 radical (unpaired) electrons. The molecule has 0 atom stereocenters. The van der Waals surface area contributed by atoms with Gasteiger partial charge in [-0.1, -0.05) is 6.92 Å². The zero-order valence-electron chi connectivity index (χ0n) is 11.9. The minimum atomic E-state index is 0.0718. The van der Waals surface area contributed by atoms with Crippen LogP contribution in [0.25, 0.3) is 0 Å². The summed E-state index contributed by atoms with van der Waals surface area (Å²) < 4.78 is 0.811. The Labute approximate surface area is 129 Å². The van der Waals surface area contributed by atoms with Crippen LogP contribution >= 0.6 is 15.9 Å². The molecule has 0 aliphatic carbocycles. The van der Waals surface area contributed by atoms with Crippen LogP contribution in [0.1, 0.15) is 30.1 Å². The van der Waals surface area contributed by atoms with Crippen molar-refractivity contribution in [1.29, 1.82) is 0 Å². The molecule has 0 unspecified atom stereocenters. The lowest BCUT2D eigenvalue weighted by molar-refractivity contribution is 0.0760. The number of amides is 1. The second-order valence-corrected chi connectivity index (χ2v) is 6.08. The number of nitrogen functional groups attached to an aromatic ring is 1. The van der Waals surface area contributed by atoms with E-state index in [0.717, 1.165) is 50.0 Å². The summed E-state index contributed by atoms with van der Waals surface area (Å²) in [6.07, 6.45) is 2.19. The van der Waals surface area contributed by atoms with Gasteiger partial charge in [-0.25, -0.2) is 0 Å². The third kappa shape index (κ3) is 3.73. The van der Waals surface area contributed by atoms with E-state index >= 15 is 0 Å². The smallest absolute Gasteiger partial charge is 0.255 e. The number of carbonyl (C=O) groups excluding carboxylic acids is 1. The number of anilines is 1. The van der Waals surface area contributed by atoms with E-state index in [-0.39, 0.29) is 5.91 Å². The topological polar surface area (TPSA) is 49.6 Å². The molecule has 1 amide bonds.